The van der Waals surface area contributed by atoms with E-state index in [0.717, 1.165) is 57.0 Å². The largest absolute Gasteiger partial charge is 0.341 e. The monoisotopic (exact) mass is 381 g/mol. The smallest absolute Gasteiger partial charge is 0.193 e. The van der Waals surface area contributed by atoms with Crippen LogP contribution in [0, 0.1) is 12.8 Å². The normalized spacial score (nSPS) is 16.0. The van der Waals surface area contributed by atoms with E-state index in [-0.39, 0.29) is 17.5 Å². The Bertz CT molecular complexity index is 1330. The summed E-state index contributed by atoms with van der Waals surface area (Å²) in [4.78, 5) is 25.8. The number of Topliss-reactive ketones (excluding diaryl/α,β-unsaturated/α-hetero) is 1. The van der Waals surface area contributed by atoms with Gasteiger partial charge in [0.15, 0.2) is 11.6 Å². The molecule has 1 aliphatic rings. The molecule has 0 saturated heterocycles. The van der Waals surface area contributed by atoms with Gasteiger partial charge in [0.05, 0.1) is 0 Å². The van der Waals surface area contributed by atoms with Crippen LogP contribution >= 0.6 is 0 Å². The highest BCUT2D eigenvalue weighted by Gasteiger charge is 2.30. The minimum absolute atomic E-state index is 0.0207. The molecule has 3 heteroatoms. The molecule has 1 aromatic heterocycles. The number of ketones is 2. The second-order valence-electron chi connectivity index (χ2n) is 8.08. The van der Waals surface area contributed by atoms with Gasteiger partial charge in [-0.1, -0.05) is 31.2 Å². The fourth-order valence-electron chi connectivity index (χ4n) is 4.83. The summed E-state index contributed by atoms with van der Waals surface area (Å²) in [5.41, 5.74) is 6.65. The van der Waals surface area contributed by atoms with E-state index in [1.807, 2.05) is 56.3 Å². The number of hydrogen-bond acceptors (Lipinski definition) is 2. The zero-order valence-corrected chi connectivity index (χ0v) is 17.0. The van der Waals surface area contributed by atoms with E-state index >= 15 is 0 Å². The van der Waals surface area contributed by atoms with Crippen molar-refractivity contribution in [2.45, 2.75) is 33.7 Å². The van der Waals surface area contributed by atoms with Crippen molar-refractivity contribution in [3.8, 4) is 0 Å². The average Bonchev–Trinajstić information content (AvgIpc) is 3.21. The molecule has 0 amide bonds. The Morgan fingerprint density at radius 3 is 2.59 bits per heavy atom. The van der Waals surface area contributed by atoms with Crippen LogP contribution < -0.4 is 0 Å². The molecule has 1 atom stereocenters. The topological polar surface area (TPSA) is 39.1 Å². The molecule has 0 N–H and O–H groups in total. The lowest BCUT2D eigenvalue weighted by Crippen LogP contribution is -2.03. The Hall–Kier alpha value is -3.20. The zero-order chi connectivity index (χ0) is 20.3. The quantitative estimate of drug-likeness (QED) is 0.425. The fraction of sp³-hybridized carbons (Fsp3) is 0.231. The van der Waals surface area contributed by atoms with Crippen molar-refractivity contribution >= 4 is 33.4 Å². The van der Waals surface area contributed by atoms with Crippen LogP contribution in [0.25, 0.3) is 21.8 Å². The third-order valence-corrected chi connectivity index (χ3v) is 6.33. The number of carbonyl (C=O) groups is 2. The summed E-state index contributed by atoms with van der Waals surface area (Å²) >= 11 is 0. The van der Waals surface area contributed by atoms with Crippen molar-refractivity contribution in [3.05, 3.63) is 82.4 Å². The van der Waals surface area contributed by atoms with Crippen LogP contribution in [0.1, 0.15) is 51.3 Å². The van der Waals surface area contributed by atoms with Crippen molar-refractivity contribution in [2.75, 3.05) is 0 Å². The van der Waals surface area contributed by atoms with Crippen LogP contribution in [0.15, 0.2) is 54.6 Å². The molecule has 0 radical (unpaired) electrons. The SMILES string of the molecule is CCn1c2ccc(C(=O)c3ccccc3C)cc2c2c3c(ccc21)C(=O)C(C)C3. The van der Waals surface area contributed by atoms with Gasteiger partial charge in [0.2, 0.25) is 0 Å². The highest BCUT2D eigenvalue weighted by atomic mass is 16.1. The number of hydrogen-bond donors (Lipinski definition) is 0. The molecule has 144 valence electrons. The summed E-state index contributed by atoms with van der Waals surface area (Å²) in [6, 6.07) is 17.8. The second kappa shape index (κ2) is 6.41. The Morgan fingerprint density at radius 2 is 1.83 bits per heavy atom. The number of nitrogens with zero attached hydrogens (tertiary/aromatic N) is 1. The standard InChI is InChI=1S/C26H23NO2/c1-4-27-22-11-9-17(26(29)18-8-6-5-7-15(18)2)14-21(22)24-20-13-16(3)25(28)19(20)10-12-23(24)27/h5-12,14,16H,4,13H2,1-3H3. The van der Waals surface area contributed by atoms with Crippen molar-refractivity contribution < 1.29 is 9.59 Å². The molecule has 3 nitrogen and oxygen atoms in total. The summed E-state index contributed by atoms with van der Waals surface area (Å²) in [6.45, 7) is 6.94. The number of carbonyl (C=O) groups excluding carboxylic acids is 2. The van der Waals surface area contributed by atoms with Gasteiger partial charge >= 0.3 is 0 Å². The Kier molecular flexibility index (Phi) is 3.95. The Balaban J connectivity index is 1.80. The lowest BCUT2D eigenvalue weighted by atomic mass is 9.96. The van der Waals surface area contributed by atoms with E-state index in [9.17, 15) is 9.59 Å². The molecule has 5 rings (SSSR count). The fourth-order valence-corrected chi connectivity index (χ4v) is 4.83. The Labute approximate surface area is 170 Å². The maximum Gasteiger partial charge on any atom is 0.193 e. The van der Waals surface area contributed by atoms with E-state index in [2.05, 4.69) is 23.6 Å². The molecule has 0 spiro atoms. The Morgan fingerprint density at radius 1 is 1.07 bits per heavy atom. The van der Waals surface area contributed by atoms with Gasteiger partial charge in [0.1, 0.15) is 0 Å². The van der Waals surface area contributed by atoms with Crippen molar-refractivity contribution in [2.24, 2.45) is 5.92 Å². The first-order chi connectivity index (χ1) is 14.0. The lowest BCUT2D eigenvalue weighted by Gasteiger charge is -2.06. The maximum atomic E-state index is 13.2. The number of fused-ring (bicyclic) bond motifs is 5. The molecule has 0 fully saturated rings. The van der Waals surface area contributed by atoms with Crippen molar-refractivity contribution in [1.82, 2.24) is 4.57 Å². The predicted octanol–water partition coefficient (Wildman–Crippen LogP) is 5.73. The first-order valence-corrected chi connectivity index (χ1v) is 10.2. The van der Waals surface area contributed by atoms with Crippen LogP contribution in [-0.4, -0.2) is 16.1 Å². The number of rotatable bonds is 3. The van der Waals surface area contributed by atoms with Gasteiger partial charge in [-0.2, -0.15) is 0 Å². The average molecular weight is 381 g/mol. The van der Waals surface area contributed by atoms with E-state index in [1.165, 1.54) is 0 Å². The van der Waals surface area contributed by atoms with Crippen LogP contribution in [0.5, 0.6) is 0 Å². The molecular formula is C26H23NO2. The van der Waals surface area contributed by atoms with Crippen LogP contribution in [0.3, 0.4) is 0 Å². The number of benzene rings is 3. The van der Waals surface area contributed by atoms with E-state index < -0.39 is 0 Å². The molecule has 3 aromatic carbocycles. The summed E-state index contributed by atoms with van der Waals surface area (Å²) in [5.74, 6) is 0.290. The highest BCUT2D eigenvalue weighted by Crippen LogP contribution is 2.39. The van der Waals surface area contributed by atoms with Crippen LogP contribution in [-0.2, 0) is 13.0 Å². The van der Waals surface area contributed by atoms with Gasteiger partial charge in [0.25, 0.3) is 0 Å². The summed E-state index contributed by atoms with van der Waals surface area (Å²) < 4.78 is 2.28. The van der Waals surface area contributed by atoms with Gasteiger partial charge in [0, 0.05) is 51.0 Å². The van der Waals surface area contributed by atoms with Gasteiger partial charge in [-0.3, -0.25) is 9.59 Å². The van der Waals surface area contributed by atoms with Gasteiger partial charge in [-0.15, -0.1) is 0 Å². The minimum Gasteiger partial charge on any atom is -0.341 e. The lowest BCUT2D eigenvalue weighted by molar-refractivity contribution is 0.0945. The highest BCUT2D eigenvalue weighted by molar-refractivity contribution is 6.18. The van der Waals surface area contributed by atoms with Crippen molar-refractivity contribution in [1.29, 1.82) is 0 Å². The predicted molar refractivity (Wildman–Crippen MR) is 117 cm³/mol. The molecule has 1 unspecified atom stereocenters. The molecule has 4 aromatic rings. The first-order valence-electron chi connectivity index (χ1n) is 10.2. The summed E-state index contributed by atoms with van der Waals surface area (Å²) in [6.07, 6.45) is 0.768. The van der Waals surface area contributed by atoms with Gasteiger partial charge in [-0.05, 0) is 61.7 Å². The second-order valence-corrected chi connectivity index (χ2v) is 8.08. The first kappa shape index (κ1) is 17.9. The van der Waals surface area contributed by atoms with Crippen LogP contribution in [0.4, 0.5) is 0 Å². The van der Waals surface area contributed by atoms with Crippen LogP contribution in [0.2, 0.25) is 0 Å². The minimum atomic E-state index is 0.0207. The number of aromatic nitrogens is 1. The van der Waals surface area contributed by atoms with Gasteiger partial charge in [-0.25, -0.2) is 0 Å². The molecule has 0 bridgehead atoms. The summed E-state index contributed by atoms with van der Waals surface area (Å²) in [5, 5.41) is 2.21. The maximum absolute atomic E-state index is 13.2. The molecule has 29 heavy (non-hydrogen) atoms. The van der Waals surface area contributed by atoms with Gasteiger partial charge < -0.3 is 4.57 Å². The van der Waals surface area contributed by atoms with Crippen molar-refractivity contribution in [3.63, 3.8) is 0 Å². The molecule has 1 heterocycles. The third kappa shape index (κ3) is 2.50. The van der Waals surface area contributed by atoms with E-state index in [0.29, 0.717) is 5.56 Å². The summed E-state index contributed by atoms with van der Waals surface area (Å²) in [7, 11) is 0. The molecule has 0 saturated carbocycles. The zero-order valence-electron chi connectivity index (χ0n) is 17.0. The molecule has 0 aliphatic heterocycles. The molecule has 1 aliphatic carbocycles. The number of aryl methyl sites for hydroxylation is 2. The third-order valence-electron chi connectivity index (χ3n) is 6.33. The van der Waals surface area contributed by atoms with E-state index in [4.69, 9.17) is 0 Å². The van der Waals surface area contributed by atoms with E-state index in [1.54, 1.807) is 0 Å². The molecular weight excluding hydrogens is 358 g/mol.